The maximum Gasteiger partial charge on any atom is 0.319 e. The molecule has 5 heterocycles. The van der Waals surface area contributed by atoms with E-state index in [1.54, 1.807) is 46.4 Å². The second-order valence-electron chi connectivity index (χ2n) is 10.0. The molecule has 12 heteroatoms. The maximum atomic E-state index is 13.4. The second kappa shape index (κ2) is 12.0. The molecule has 206 valence electrons. The van der Waals surface area contributed by atoms with Crippen LogP contribution in [0.15, 0.2) is 29.9 Å². The highest BCUT2D eigenvalue weighted by Crippen LogP contribution is 2.28. The van der Waals surface area contributed by atoms with Crippen molar-refractivity contribution < 1.29 is 19.1 Å². The monoisotopic (exact) mass is 551 g/mol. The predicted octanol–water partition coefficient (Wildman–Crippen LogP) is 3.90. The Morgan fingerprint density at radius 3 is 2.69 bits per heavy atom. The van der Waals surface area contributed by atoms with Gasteiger partial charge in [0, 0.05) is 75.9 Å². The van der Waals surface area contributed by atoms with Crippen molar-refractivity contribution in [3.8, 4) is 10.6 Å². The zero-order chi connectivity index (χ0) is 27.4. The van der Waals surface area contributed by atoms with E-state index in [-0.39, 0.29) is 35.7 Å². The van der Waals surface area contributed by atoms with Crippen molar-refractivity contribution in [3.63, 3.8) is 0 Å². The average Bonchev–Trinajstić information content (AvgIpc) is 3.60. The average molecular weight is 552 g/mol. The fraction of sp³-hybridized carbons (Fsp3) is 0.481. The Bertz CT molecular complexity index is 1350. The van der Waals surface area contributed by atoms with Crippen LogP contribution in [0.2, 0.25) is 0 Å². The standard InChI is InChI=1S/C27H33N7O4S/c1-32(2)27(37)33-11-3-5-19-15-18(7-10-28-19)26-30-22(17-39-26)25(36)29-21-16-34(20-8-13-38-14-9-20)31-24(21)23(35)6-4-12-33/h7,10,15-17,20H,3-6,8-9,11-14H2,1-2H3,(H,29,36). The van der Waals surface area contributed by atoms with Gasteiger partial charge in [-0.1, -0.05) is 0 Å². The number of aromatic nitrogens is 4. The summed E-state index contributed by atoms with van der Waals surface area (Å²) in [4.78, 5) is 51.8. The number of carbonyl (C=O) groups is 3. The Labute approximate surface area is 231 Å². The van der Waals surface area contributed by atoms with Gasteiger partial charge in [0.15, 0.2) is 11.5 Å². The summed E-state index contributed by atoms with van der Waals surface area (Å²) < 4.78 is 7.26. The minimum Gasteiger partial charge on any atom is -0.381 e. The molecule has 0 spiro atoms. The van der Waals surface area contributed by atoms with Crippen molar-refractivity contribution in [1.82, 2.24) is 29.5 Å². The van der Waals surface area contributed by atoms with E-state index >= 15 is 0 Å². The number of ketones is 1. The van der Waals surface area contributed by atoms with Crippen LogP contribution in [0.5, 0.6) is 0 Å². The van der Waals surface area contributed by atoms with Crippen LogP contribution >= 0.6 is 11.3 Å². The van der Waals surface area contributed by atoms with Crippen LogP contribution in [0.3, 0.4) is 0 Å². The Morgan fingerprint density at radius 1 is 1.15 bits per heavy atom. The molecular formula is C27H33N7O4S. The van der Waals surface area contributed by atoms with E-state index in [0.29, 0.717) is 49.8 Å². The number of urea groups is 1. The lowest BCUT2D eigenvalue weighted by molar-refractivity contribution is 0.0660. The number of hydrogen-bond acceptors (Lipinski definition) is 8. The molecule has 2 aliphatic rings. The first-order chi connectivity index (χ1) is 18.9. The molecule has 0 saturated carbocycles. The minimum atomic E-state index is -0.392. The third-order valence-corrected chi connectivity index (χ3v) is 7.85. The first-order valence-corrected chi connectivity index (χ1v) is 14.2. The van der Waals surface area contributed by atoms with E-state index in [0.717, 1.165) is 30.5 Å². The van der Waals surface area contributed by atoms with Crippen LogP contribution in [0.25, 0.3) is 10.6 Å². The lowest BCUT2D eigenvalue weighted by atomic mass is 10.1. The normalized spacial score (nSPS) is 17.6. The number of ether oxygens (including phenoxy) is 1. The number of thiazole rings is 1. The van der Waals surface area contributed by atoms with Gasteiger partial charge in [0.1, 0.15) is 10.7 Å². The number of Topliss-reactive ketones (excluding diaryl/α,β-unsaturated/α-hetero) is 1. The van der Waals surface area contributed by atoms with Gasteiger partial charge in [0.05, 0.1) is 11.7 Å². The lowest BCUT2D eigenvalue weighted by Gasteiger charge is -2.26. The molecule has 0 aliphatic carbocycles. The summed E-state index contributed by atoms with van der Waals surface area (Å²) in [6.07, 6.45) is 7.17. The largest absolute Gasteiger partial charge is 0.381 e. The number of nitrogens with one attached hydrogen (secondary N) is 1. The van der Waals surface area contributed by atoms with Crippen molar-refractivity contribution in [1.29, 1.82) is 0 Å². The molecule has 1 saturated heterocycles. The molecule has 11 nitrogen and oxygen atoms in total. The van der Waals surface area contributed by atoms with Gasteiger partial charge in [-0.05, 0) is 44.2 Å². The Kier molecular flexibility index (Phi) is 8.32. The van der Waals surface area contributed by atoms with Gasteiger partial charge >= 0.3 is 6.03 Å². The summed E-state index contributed by atoms with van der Waals surface area (Å²) >= 11 is 1.38. The molecule has 0 aromatic carbocycles. The molecule has 5 rings (SSSR count). The van der Waals surface area contributed by atoms with Gasteiger partial charge in [0.2, 0.25) is 0 Å². The van der Waals surface area contributed by atoms with Gasteiger partial charge in [0.25, 0.3) is 5.91 Å². The summed E-state index contributed by atoms with van der Waals surface area (Å²) in [7, 11) is 3.45. The number of carbonyl (C=O) groups excluding carboxylic acids is 3. The summed E-state index contributed by atoms with van der Waals surface area (Å²) in [5.74, 6) is -0.566. The van der Waals surface area contributed by atoms with Crippen LogP contribution in [0.4, 0.5) is 10.5 Å². The fourth-order valence-corrected chi connectivity index (χ4v) is 5.65. The first kappa shape index (κ1) is 26.9. The molecule has 1 N–H and O–H groups in total. The topological polar surface area (TPSA) is 123 Å². The summed E-state index contributed by atoms with van der Waals surface area (Å²) in [5.41, 5.74) is 2.67. The molecule has 0 unspecified atom stereocenters. The molecular weight excluding hydrogens is 518 g/mol. The summed E-state index contributed by atoms with van der Waals surface area (Å²) in [5, 5.41) is 9.93. The fourth-order valence-electron chi connectivity index (χ4n) is 4.86. The molecule has 3 aromatic rings. The Hall–Kier alpha value is -3.64. The van der Waals surface area contributed by atoms with Crippen LogP contribution in [-0.4, -0.2) is 87.7 Å². The van der Waals surface area contributed by atoms with Crippen LogP contribution in [0, 0.1) is 0 Å². The highest BCUT2D eigenvalue weighted by molar-refractivity contribution is 7.13. The lowest BCUT2D eigenvalue weighted by Crippen LogP contribution is -2.40. The second-order valence-corrected chi connectivity index (χ2v) is 10.9. The highest BCUT2D eigenvalue weighted by Gasteiger charge is 2.25. The molecule has 3 amide bonds. The van der Waals surface area contributed by atoms with E-state index in [1.165, 1.54) is 11.3 Å². The number of fused-ring (bicyclic) bond motifs is 6. The van der Waals surface area contributed by atoms with Gasteiger partial charge in [-0.3, -0.25) is 19.3 Å². The third kappa shape index (κ3) is 6.34. The molecule has 4 bridgehead atoms. The number of rotatable bonds is 1. The van der Waals surface area contributed by atoms with E-state index in [4.69, 9.17) is 4.74 Å². The Morgan fingerprint density at radius 2 is 1.92 bits per heavy atom. The molecule has 39 heavy (non-hydrogen) atoms. The summed E-state index contributed by atoms with van der Waals surface area (Å²) in [6.45, 7) is 2.25. The molecule has 2 aliphatic heterocycles. The van der Waals surface area contributed by atoms with Crippen LogP contribution in [-0.2, 0) is 11.2 Å². The van der Waals surface area contributed by atoms with Gasteiger partial charge < -0.3 is 19.9 Å². The zero-order valence-electron chi connectivity index (χ0n) is 22.3. The number of hydrogen-bond donors (Lipinski definition) is 1. The van der Waals surface area contributed by atoms with Crippen LogP contribution < -0.4 is 5.32 Å². The third-order valence-electron chi connectivity index (χ3n) is 6.96. The van der Waals surface area contributed by atoms with Crippen molar-refractivity contribution >= 4 is 34.7 Å². The minimum absolute atomic E-state index is 0.0920. The van der Waals surface area contributed by atoms with Gasteiger partial charge in [-0.25, -0.2) is 9.78 Å². The maximum absolute atomic E-state index is 13.4. The molecule has 0 atom stereocenters. The van der Waals surface area contributed by atoms with Gasteiger partial charge in [-0.2, -0.15) is 5.10 Å². The van der Waals surface area contributed by atoms with E-state index in [2.05, 4.69) is 20.4 Å². The van der Waals surface area contributed by atoms with Crippen LogP contribution in [0.1, 0.15) is 64.8 Å². The molecule has 0 radical (unpaired) electrons. The van der Waals surface area contributed by atoms with E-state index in [9.17, 15) is 14.4 Å². The van der Waals surface area contributed by atoms with Crippen molar-refractivity contribution in [2.75, 3.05) is 45.7 Å². The van der Waals surface area contributed by atoms with Crippen molar-refractivity contribution in [2.45, 2.75) is 44.6 Å². The quantitative estimate of drug-likeness (QED) is 0.487. The number of anilines is 1. The smallest absolute Gasteiger partial charge is 0.319 e. The number of aryl methyl sites for hydroxylation is 1. The number of pyridine rings is 1. The Balaban J connectivity index is 1.47. The SMILES string of the molecule is CN(C)C(=O)N1CCCC(=O)c2nn(C3CCOCC3)cc2NC(=O)c2csc(n2)-c2ccnc(c2)CCC1. The molecule has 3 aromatic heterocycles. The van der Waals surface area contributed by atoms with Gasteiger partial charge in [-0.15, -0.1) is 11.3 Å². The summed E-state index contributed by atoms with van der Waals surface area (Å²) in [6, 6.07) is 3.86. The van der Waals surface area contributed by atoms with Crippen molar-refractivity contribution in [3.05, 3.63) is 47.0 Å². The number of nitrogens with zero attached hydrogens (tertiary/aromatic N) is 6. The predicted molar refractivity (Wildman–Crippen MR) is 147 cm³/mol. The number of amides is 3. The first-order valence-electron chi connectivity index (χ1n) is 13.3. The highest BCUT2D eigenvalue weighted by atomic mass is 32.1. The van der Waals surface area contributed by atoms with Crippen molar-refractivity contribution in [2.24, 2.45) is 0 Å². The van der Waals surface area contributed by atoms with E-state index in [1.807, 2.05) is 12.1 Å². The molecule has 1 fully saturated rings. The van der Waals surface area contributed by atoms with E-state index < -0.39 is 5.91 Å². The zero-order valence-corrected chi connectivity index (χ0v) is 23.1.